The van der Waals surface area contributed by atoms with Crippen LogP contribution in [0.15, 0.2) is 60.2 Å². The Balaban J connectivity index is 1.51. The second-order valence-corrected chi connectivity index (χ2v) is 11.5. The van der Waals surface area contributed by atoms with Gasteiger partial charge in [-0.25, -0.2) is 4.98 Å². The van der Waals surface area contributed by atoms with E-state index in [1.54, 1.807) is 12.1 Å². The van der Waals surface area contributed by atoms with Gasteiger partial charge in [0.2, 0.25) is 0 Å². The Hall–Kier alpha value is -4.17. The van der Waals surface area contributed by atoms with Crippen molar-refractivity contribution in [1.82, 2.24) is 4.98 Å². The summed E-state index contributed by atoms with van der Waals surface area (Å²) >= 11 is 1.36. The average Bonchev–Trinajstić information content (AvgIpc) is 3.60. The maximum Gasteiger partial charge on any atom is 0.301 e. The lowest BCUT2D eigenvalue weighted by atomic mass is 9.94. The molecule has 1 saturated heterocycles. The Kier molecular flexibility index (Phi) is 6.58. The van der Waals surface area contributed by atoms with Crippen molar-refractivity contribution in [3.63, 3.8) is 0 Å². The van der Waals surface area contributed by atoms with Crippen molar-refractivity contribution in [2.45, 2.75) is 52.7 Å². The van der Waals surface area contributed by atoms with Gasteiger partial charge < -0.3 is 14.6 Å². The molecule has 2 unspecified atom stereocenters. The highest BCUT2D eigenvalue weighted by molar-refractivity contribution is 7.22. The minimum Gasteiger partial charge on any atom is -0.507 e. The van der Waals surface area contributed by atoms with E-state index in [1.807, 2.05) is 70.2 Å². The van der Waals surface area contributed by atoms with Crippen LogP contribution in [-0.4, -0.2) is 34.5 Å². The number of aryl methyl sites for hydroxylation is 2. The number of carbonyl (C=O) groups excluding carboxylic acids is 2. The first-order valence-electron chi connectivity index (χ1n) is 13.5. The zero-order chi connectivity index (χ0) is 28.1. The van der Waals surface area contributed by atoms with Crippen LogP contribution < -0.4 is 14.4 Å². The fraction of sp³-hybridized carbons (Fsp3) is 0.281. The smallest absolute Gasteiger partial charge is 0.301 e. The van der Waals surface area contributed by atoms with Crippen molar-refractivity contribution in [2.24, 2.45) is 0 Å². The molecule has 7 nitrogen and oxygen atoms in total. The van der Waals surface area contributed by atoms with Crippen LogP contribution in [0.1, 0.15) is 54.1 Å². The van der Waals surface area contributed by atoms with Crippen molar-refractivity contribution in [3.8, 4) is 11.5 Å². The van der Waals surface area contributed by atoms with E-state index in [2.05, 4.69) is 0 Å². The highest BCUT2D eigenvalue weighted by atomic mass is 32.1. The predicted octanol–water partition coefficient (Wildman–Crippen LogP) is 6.65. The summed E-state index contributed by atoms with van der Waals surface area (Å²) in [6.45, 7) is 8.61. The number of Topliss-reactive ketones (excluding diaryl/α,β-unsaturated/α-hetero) is 1. The summed E-state index contributed by atoms with van der Waals surface area (Å²) in [6.07, 6.45) is 1.62. The number of aliphatic hydroxyl groups is 1. The van der Waals surface area contributed by atoms with E-state index >= 15 is 0 Å². The molecule has 0 radical (unpaired) electrons. The van der Waals surface area contributed by atoms with Crippen LogP contribution in [0.2, 0.25) is 0 Å². The molecule has 2 atom stereocenters. The standard InChI is InChI=1S/C32H30N2O5S/c1-5-12-38-23-9-6-20(7-10-23)28-26(29(35)21-8-11-24-22(16-21)15-19(4)39-24)30(36)31(37)34(28)32-33-27-18(3)13-17(2)14-25(27)40-32/h6-11,13-14,16,19,28,35H,5,12,15H2,1-4H3. The van der Waals surface area contributed by atoms with Gasteiger partial charge in [-0.3, -0.25) is 14.5 Å². The third-order valence-corrected chi connectivity index (χ3v) is 8.31. The van der Waals surface area contributed by atoms with E-state index in [4.69, 9.17) is 14.5 Å². The fourth-order valence-electron chi connectivity index (χ4n) is 5.50. The number of anilines is 1. The van der Waals surface area contributed by atoms with Gasteiger partial charge in [-0.05, 0) is 85.8 Å². The first-order valence-corrected chi connectivity index (χ1v) is 14.3. The summed E-state index contributed by atoms with van der Waals surface area (Å²) in [6, 6.07) is 15.9. The molecule has 204 valence electrons. The van der Waals surface area contributed by atoms with Gasteiger partial charge in [-0.2, -0.15) is 0 Å². The number of nitrogens with zero attached hydrogens (tertiary/aromatic N) is 2. The molecule has 1 aromatic heterocycles. The predicted molar refractivity (Wildman–Crippen MR) is 156 cm³/mol. The van der Waals surface area contributed by atoms with Gasteiger partial charge in [0, 0.05) is 12.0 Å². The zero-order valence-corrected chi connectivity index (χ0v) is 23.7. The monoisotopic (exact) mass is 554 g/mol. The summed E-state index contributed by atoms with van der Waals surface area (Å²) in [5.41, 5.74) is 5.02. The summed E-state index contributed by atoms with van der Waals surface area (Å²) in [5, 5.41) is 12.0. The molecule has 6 rings (SSSR count). The molecule has 0 spiro atoms. The van der Waals surface area contributed by atoms with Crippen molar-refractivity contribution < 1.29 is 24.2 Å². The molecule has 0 bridgehead atoms. The Morgan fingerprint density at radius 1 is 1.12 bits per heavy atom. The van der Waals surface area contributed by atoms with Crippen molar-refractivity contribution in [2.75, 3.05) is 11.5 Å². The third-order valence-electron chi connectivity index (χ3n) is 7.31. The first-order chi connectivity index (χ1) is 19.2. The number of amides is 1. The molecule has 40 heavy (non-hydrogen) atoms. The van der Waals surface area contributed by atoms with Crippen molar-refractivity contribution in [3.05, 3.63) is 88.0 Å². The lowest BCUT2D eigenvalue weighted by Gasteiger charge is -2.23. The van der Waals surface area contributed by atoms with Crippen LogP contribution in [0, 0.1) is 13.8 Å². The number of rotatable bonds is 6. The number of thiazole rings is 1. The first kappa shape index (κ1) is 26.1. The number of hydrogen-bond donors (Lipinski definition) is 1. The highest BCUT2D eigenvalue weighted by Gasteiger charge is 2.48. The maximum absolute atomic E-state index is 13.7. The number of fused-ring (bicyclic) bond motifs is 2. The van der Waals surface area contributed by atoms with Gasteiger partial charge in [0.15, 0.2) is 5.13 Å². The maximum atomic E-state index is 13.7. The van der Waals surface area contributed by atoms with Crippen LogP contribution in [0.5, 0.6) is 11.5 Å². The lowest BCUT2D eigenvalue weighted by molar-refractivity contribution is -0.132. The number of aromatic nitrogens is 1. The molecule has 1 N–H and O–H groups in total. The van der Waals surface area contributed by atoms with Crippen molar-refractivity contribution >= 4 is 44.1 Å². The minimum atomic E-state index is -0.856. The Labute approximate surface area is 236 Å². The number of ketones is 1. The van der Waals surface area contributed by atoms with E-state index in [0.29, 0.717) is 35.0 Å². The molecule has 0 saturated carbocycles. The number of hydrogen-bond acceptors (Lipinski definition) is 7. The van der Waals surface area contributed by atoms with E-state index in [-0.39, 0.29) is 17.4 Å². The summed E-state index contributed by atoms with van der Waals surface area (Å²) in [5.74, 6) is -0.214. The molecule has 4 aromatic rings. The topological polar surface area (TPSA) is 89.0 Å². The van der Waals surface area contributed by atoms with Crippen molar-refractivity contribution in [1.29, 1.82) is 0 Å². The lowest BCUT2D eigenvalue weighted by Crippen LogP contribution is -2.29. The van der Waals surface area contributed by atoms with E-state index in [0.717, 1.165) is 39.1 Å². The summed E-state index contributed by atoms with van der Waals surface area (Å²) in [4.78, 5) is 33.5. The molecule has 8 heteroatoms. The van der Waals surface area contributed by atoms with Crippen LogP contribution in [-0.2, 0) is 16.0 Å². The SMILES string of the molecule is CCCOc1ccc(C2C(=C(O)c3ccc4c(c3)CC(C)O4)C(=O)C(=O)N2c2nc3c(C)cc(C)cc3s2)cc1. The Bertz CT molecular complexity index is 1690. The van der Waals surface area contributed by atoms with Crippen LogP contribution >= 0.6 is 11.3 Å². The molecular formula is C32H30N2O5S. The fourth-order valence-corrected chi connectivity index (χ4v) is 6.67. The van der Waals surface area contributed by atoms with E-state index < -0.39 is 17.7 Å². The van der Waals surface area contributed by atoms with E-state index in [9.17, 15) is 14.7 Å². The number of ether oxygens (including phenoxy) is 2. The van der Waals surface area contributed by atoms with Gasteiger partial charge in [-0.15, -0.1) is 0 Å². The van der Waals surface area contributed by atoms with Crippen LogP contribution in [0.4, 0.5) is 5.13 Å². The normalized spacial score (nSPS) is 19.8. The minimum absolute atomic E-state index is 0.0336. The van der Waals surface area contributed by atoms with Gasteiger partial charge in [0.05, 0.1) is 28.4 Å². The molecule has 2 aliphatic rings. The summed E-state index contributed by atoms with van der Waals surface area (Å²) < 4.78 is 12.5. The molecular weight excluding hydrogens is 524 g/mol. The Morgan fingerprint density at radius 3 is 2.65 bits per heavy atom. The van der Waals surface area contributed by atoms with Crippen LogP contribution in [0.3, 0.4) is 0 Å². The molecule has 1 fully saturated rings. The van der Waals surface area contributed by atoms with Crippen LogP contribution in [0.25, 0.3) is 16.0 Å². The second kappa shape index (κ2) is 10.1. The molecule has 3 heterocycles. The van der Waals surface area contributed by atoms with Gasteiger partial charge in [0.1, 0.15) is 23.4 Å². The number of benzene rings is 3. The Morgan fingerprint density at radius 2 is 1.90 bits per heavy atom. The summed E-state index contributed by atoms with van der Waals surface area (Å²) in [7, 11) is 0. The second-order valence-electron chi connectivity index (χ2n) is 10.5. The number of carbonyl (C=O) groups is 2. The molecule has 1 amide bonds. The zero-order valence-electron chi connectivity index (χ0n) is 22.9. The molecule has 3 aromatic carbocycles. The largest absolute Gasteiger partial charge is 0.507 e. The number of aliphatic hydroxyl groups excluding tert-OH is 1. The molecule has 0 aliphatic carbocycles. The molecule has 2 aliphatic heterocycles. The van der Waals surface area contributed by atoms with Gasteiger partial charge in [0.25, 0.3) is 5.78 Å². The van der Waals surface area contributed by atoms with E-state index in [1.165, 1.54) is 16.2 Å². The average molecular weight is 555 g/mol. The van der Waals surface area contributed by atoms with Gasteiger partial charge >= 0.3 is 5.91 Å². The van der Waals surface area contributed by atoms with Gasteiger partial charge in [-0.1, -0.05) is 36.5 Å². The quantitative estimate of drug-likeness (QED) is 0.163. The highest BCUT2D eigenvalue weighted by Crippen LogP contribution is 2.45. The third kappa shape index (κ3) is 4.42.